The van der Waals surface area contributed by atoms with Crippen molar-refractivity contribution in [2.45, 2.75) is 32.9 Å². The molecule has 0 bridgehead atoms. The minimum atomic E-state index is -0.553. The van der Waals surface area contributed by atoms with Crippen molar-refractivity contribution in [3.63, 3.8) is 0 Å². The van der Waals surface area contributed by atoms with Crippen LogP contribution >= 0.6 is 0 Å². The van der Waals surface area contributed by atoms with Gasteiger partial charge in [0, 0.05) is 12.6 Å². The Kier molecular flexibility index (Phi) is 5.00. The average Bonchev–Trinajstić information content (AvgIpc) is 2.96. The molecule has 2 rings (SSSR count). The fourth-order valence-corrected chi connectivity index (χ4v) is 1.77. The third kappa shape index (κ3) is 5.46. The minimum absolute atomic E-state index is 0.264. The average molecular weight is 317 g/mol. The lowest BCUT2D eigenvalue weighted by Gasteiger charge is -2.19. The number of anilines is 1. The molecule has 0 aliphatic rings. The number of carbonyl (C=O) groups excluding carboxylic acids is 2. The van der Waals surface area contributed by atoms with Crippen molar-refractivity contribution >= 4 is 17.8 Å². The largest absolute Gasteiger partial charge is 0.456 e. The van der Waals surface area contributed by atoms with Crippen molar-refractivity contribution in [2.24, 2.45) is 0 Å². The summed E-state index contributed by atoms with van der Waals surface area (Å²) in [4.78, 5) is 23.7. The Bertz CT molecular complexity index is 675. The number of nitrogens with one attached hydrogen (secondary N) is 2. The second-order valence-electron chi connectivity index (χ2n) is 5.89. The van der Waals surface area contributed by atoms with Gasteiger partial charge in [-0.3, -0.25) is 5.32 Å². The van der Waals surface area contributed by atoms with Crippen LogP contribution in [0.1, 0.15) is 36.7 Å². The molecule has 2 amide bonds. The van der Waals surface area contributed by atoms with Crippen LogP contribution in [0, 0.1) is 0 Å². The number of esters is 1. The number of rotatable bonds is 4. The zero-order valence-electron chi connectivity index (χ0n) is 13.3. The molecule has 0 fully saturated rings. The van der Waals surface area contributed by atoms with Gasteiger partial charge in [0.25, 0.3) is 0 Å². The number of amides is 2. The molecule has 7 nitrogen and oxygen atoms in total. The summed E-state index contributed by atoms with van der Waals surface area (Å²) in [6.45, 7) is 5.69. The molecule has 2 aromatic rings. The molecule has 0 aliphatic carbocycles. The predicted molar refractivity (Wildman–Crippen MR) is 84.0 cm³/mol. The Labute approximate surface area is 134 Å². The van der Waals surface area contributed by atoms with Gasteiger partial charge in [-0.05, 0) is 38.5 Å². The van der Waals surface area contributed by atoms with Crippen LogP contribution in [0.5, 0.6) is 0 Å². The number of hydrogen-bond acceptors (Lipinski definition) is 5. The van der Waals surface area contributed by atoms with E-state index in [1.165, 1.54) is 12.3 Å². The molecular formula is C16H19N3O4. The molecule has 0 radical (unpaired) electrons. The topological polar surface area (TPSA) is 93.5 Å². The van der Waals surface area contributed by atoms with E-state index in [0.717, 1.165) is 5.56 Å². The van der Waals surface area contributed by atoms with Crippen LogP contribution in [-0.2, 0) is 11.3 Å². The van der Waals surface area contributed by atoms with Crippen molar-refractivity contribution in [3.05, 3.63) is 47.7 Å². The first-order valence-electron chi connectivity index (χ1n) is 7.11. The lowest BCUT2D eigenvalue weighted by atomic mass is 10.1. The second-order valence-corrected chi connectivity index (χ2v) is 5.89. The Morgan fingerprint density at radius 2 is 2.04 bits per heavy atom. The summed E-state index contributed by atoms with van der Waals surface area (Å²) >= 11 is 0. The quantitative estimate of drug-likeness (QED) is 0.846. The number of nitrogens with zero attached hydrogens (tertiary/aromatic N) is 1. The Hall–Kier alpha value is -2.83. The third-order valence-electron chi connectivity index (χ3n) is 2.69. The highest BCUT2D eigenvalue weighted by atomic mass is 16.6. The van der Waals surface area contributed by atoms with Gasteiger partial charge in [-0.15, -0.1) is 0 Å². The fourth-order valence-electron chi connectivity index (χ4n) is 1.77. The summed E-state index contributed by atoms with van der Waals surface area (Å²) in [7, 11) is 0. The Morgan fingerprint density at radius 1 is 1.26 bits per heavy atom. The number of hydrogen-bond donors (Lipinski definition) is 2. The van der Waals surface area contributed by atoms with E-state index in [-0.39, 0.29) is 6.54 Å². The maximum atomic E-state index is 12.0. The lowest BCUT2D eigenvalue weighted by Crippen LogP contribution is -2.28. The molecule has 7 heteroatoms. The molecule has 1 aromatic carbocycles. The van der Waals surface area contributed by atoms with Crippen LogP contribution < -0.4 is 10.6 Å². The van der Waals surface area contributed by atoms with Gasteiger partial charge in [0.2, 0.25) is 0 Å². The van der Waals surface area contributed by atoms with Gasteiger partial charge in [-0.2, -0.15) is 0 Å². The second kappa shape index (κ2) is 6.95. The van der Waals surface area contributed by atoms with E-state index in [4.69, 9.17) is 4.74 Å². The Balaban J connectivity index is 1.92. The van der Waals surface area contributed by atoms with Crippen molar-refractivity contribution in [1.29, 1.82) is 0 Å². The zero-order chi connectivity index (χ0) is 16.9. The zero-order valence-corrected chi connectivity index (χ0v) is 13.3. The van der Waals surface area contributed by atoms with Crippen LogP contribution in [0.2, 0.25) is 0 Å². The van der Waals surface area contributed by atoms with Crippen LogP contribution in [0.15, 0.2) is 41.1 Å². The maximum Gasteiger partial charge on any atom is 0.338 e. The highest BCUT2D eigenvalue weighted by Gasteiger charge is 2.18. The molecule has 0 spiro atoms. The number of benzene rings is 1. The molecule has 0 saturated carbocycles. The minimum Gasteiger partial charge on any atom is -0.456 e. The number of aromatic nitrogens is 1. The van der Waals surface area contributed by atoms with E-state index in [2.05, 4.69) is 20.3 Å². The van der Waals surface area contributed by atoms with Crippen LogP contribution in [-0.4, -0.2) is 22.8 Å². The highest BCUT2D eigenvalue weighted by Crippen LogP contribution is 2.13. The third-order valence-corrected chi connectivity index (χ3v) is 2.69. The van der Waals surface area contributed by atoms with Gasteiger partial charge >= 0.3 is 12.0 Å². The van der Waals surface area contributed by atoms with Crippen LogP contribution in [0.25, 0.3) is 0 Å². The molecule has 1 aromatic heterocycles. The number of urea groups is 1. The van der Waals surface area contributed by atoms with Gasteiger partial charge in [-0.1, -0.05) is 17.3 Å². The van der Waals surface area contributed by atoms with E-state index >= 15 is 0 Å². The van der Waals surface area contributed by atoms with Gasteiger partial charge < -0.3 is 14.6 Å². The maximum absolute atomic E-state index is 12.0. The highest BCUT2D eigenvalue weighted by molar-refractivity contribution is 5.90. The summed E-state index contributed by atoms with van der Waals surface area (Å²) in [5.41, 5.74) is 0.669. The van der Waals surface area contributed by atoms with E-state index in [9.17, 15) is 9.59 Å². The molecule has 0 saturated heterocycles. The molecular weight excluding hydrogens is 298 g/mol. The molecule has 122 valence electrons. The van der Waals surface area contributed by atoms with E-state index < -0.39 is 17.6 Å². The monoisotopic (exact) mass is 317 g/mol. The summed E-state index contributed by atoms with van der Waals surface area (Å²) in [5, 5.41) is 8.76. The first kappa shape index (κ1) is 16.5. The SMILES string of the molecule is CC(C)(C)OC(=O)c1cccc(CNC(=O)Nc2ccon2)c1. The summed E-state index contributed by atoms with van der Waals surface area (Å²) < 4.78 is 9.93. The summed E-state index contributed by atoms with van der Waals surface area (Å²) in [6, 6.07) is 8.03. The molecule has 0 atom stereocenters. The first-order valence-corrected chi connectivity index (χ1v) is 7.11. The van der Waals surface area contributed by atoms with E-state index in [1.807, 2.05) is 26.8 Å². The summed E-state index contributed by atoms with van der Waals surface area (Å²) in [5.74, 6) is -0.0728. The first-order chi connectivity index (χ1) is 10.8. The van der Waals surface area contributed by atoms with Crippen molar-refractivity contribution in [1.82, 2.24) is 10.5 Å². The van der Waals surface area contributed by atoms with Gasteiger partial charge in [0.05, 0.1) is 5.56 Å². The van der Waals surface area contributed by atoms with Gasteiger partial charge in [0.15, 0.2) is 5.82 Å². The normalized spacial score (nSPS) is 10.9. The molecule has 1 heterocycles. The standard InChI is InChI=1S/C16H19N3O4/c1-16(2,3)23-14(20)12-6-4-5-11(9-12)10-17-15(21)18-13-7-8-22-19-13/h4-9H,10H2,1-3H3,(H2,17,18,19,21). The molecule has 23 heavy (non-hydrogen) atoms. The van der Waals surface area contributed by atoms with Crippen molar-refractivity contribution < 1.29 is 18.8 Å². The summed E-state index contributed by atoms with van der Waals surface area (Å²) in [6.07, 6.45) is 1.36. The predicted octanol–water partition coefficient (Wildman–Crippen LogP) is 2.95. The molecule has 0 unspecified atom stereocenters. The van der Waals surface area contributed by atoms with Gasteiger partial charge in [-0.25, -0.2) is 9.59 Å². The number of ether oxygens (including phenoxy) is 1. The van der Waals surface area contributed by atoms with Crippen LogP contribution in [0.4, 0.5) is 10.6 Å². The van der Waals surface area contributed by atoms with Crippen molar-refractivity contribution in [3.8, 4) is 0 Å². The van der Waals surface area contributed by atoms with E-state index in [1.54, 1.807) is 18.2 Å². The lowest BCUT2D eigenvalue weighted by molar-refractivity contribution is 0.00694. The van der Waals surface area contributed by atoms with Crippen molar-refractivity contribution in [2.75, 3.05) is 5.32 Å². The van der Waals surface area contributed by atoms with Crippen LogP contribution in [0.3, 0.4) is 0 Å². The molecule has 2 N–H and O–H groups in total. The fraction of sp³-hybridized carbons (Fsp3) is 0.312. The van der Waals surface area contributed by atoms with Gasteiger partial charge in [0.1, 0.15) is 11.9 Å². The Morgan fingerprint density at radius 3 is 2.70 bits per heavy atom. The number of carbonyl (C=O) groups is 2. The molecule has 0 aliphatic heterocycles. The van der Waals surface area contributed by atoms with E-state index in [0.29, 0.717) is 11.4 Å². The smallest absolute Gasteiger partial charge is 0.338 e.